The van der Waals surface area contributed by atoms with Crippen molar-refractivity contribution < 1.29 is 9.59 Å². The van der Waals surface area contributed by atoms with Crippen LogP contribution in [0.5, 0.6) is 0 Å². The van der Waals surface area contributed by atoms with E-state index >= 15 is 0 Å². The van der Waals surface area contributed by atoms with Crippen molar-refractivity contribution in [2.75, 3.05) is 54.9 Å². The van der Waals surface area contributed by atoms with Gasteiger partial charge < -0.3 is 25.6 Å². The third-order valence-corrected chi connectivity index (χ3v) is 7.40. The van der Waals surface area contributed by atoms with E-state index in [0.29, 0.717) is 31.2 Å². The molecule has 0 unspecified atom stereocenters. The number of aromatic nitrogens is 3. The Labute approximate surface area is 205 Å². The summed E-state index contributed by atoms with van der Waals surface area (Å²) in [6, 6.07) is 4.04. The van der Waals surface area contributed by atoms with E-state index in [0.717, 1.165) is 75.2 Å². The van der Waals surface area contributed by atoms with Crippen LogP contribution >= 0.6 is 0 Å². The van der Waals surface area contributed by atoms with Crippen LogP contribution in [0.2, 0.25) is 0 Å². The monoisotopic (exact) mass is 478 g/mol. The lowest BCUT2D eigenvalue weighted by Crippen LogP contribution is -2.54. The van der Waals surface area contributed by atoms with Gasteiger partial charge in [-0.15, -0.1) is 0 Å². The van der Waals surface area contributed by atoms with Crippen molar-refractivity contribution in [1.29, 1.82) is 0 Å². The maximum atomic E-state index is 13.8. The highest BCUT2D eigenvalue weighted by atomic mass is 16.2. The largest absolute Gasteiger partial charge is 0.354 e. The highest BCUT2D eigenvalue weighted by Crippen LogP contribution is 2.41. The van der Waals surface area contributed by atoms with E-state index < -0.39 is 5.41 Å². The molecule has 3 aliphatic rings. The fraction of sp³-hybridized carbons (Fsp3) is 0.560. The molecule has 2 aromatic rings. The Kier molecular flexibility index (Phi) is 6.92. The number of pyridine rings is 1. The number of hydrogen-bond donors (Lipinski definition) is 3. The minimum Gasteiger partial charge on any atom is -0.354 e. The second-order valence-corrected chi connectivity index (χ2v) is 9.73. The number of piperazine rings is 1. The minimum atomic E-state index is -1.07. The summed E-state index contributed by atoms with van der Waals surface area (Å²) in [5.74, 6) is 1.87. The first-order valence-corrected chi connectivity index (χ1v) is 12.6. The van der Waals surface area contributed by atoms with Gasteiger partial charge in [-0.2, -0.15) is 4.98 Å². The van der Waals surface area contributed by atoms with Crippen molar-refractivity contribution in [3.05, 3.63) is 30.1 Å². The second kappa shape index (κ2) is 10.2. The molecule has 10 heteroatoms. The second-order valence-electron chi connectivity index (χ2n) is 9.73. The summed E-state index contributed by atoms with van der Waals surface area (Å²) in [7, 11) is 1.83. The van der Waals surface area contributed by atoms with Gasteiger partial charge in [-0.1, -0.05) is 12.8 Å². The van der Waals surface area contributed by atoms with Gasteiger partial charge in [-0.25, -0.2) is 9.97 Å². The van der Waals surface area contributed by atoms with Crippen LogP contribution in [0.15, 0.2) is 24.5 Å². The first-order valence-electron chi connectivity index (χ1n) is 12.6. The average Bonchev–Trinajstić information content (AvgIpc) is 3.43. The van der Waals surface area contributed by atoms with E-state index in [4.69, 9.17) is 4.98 Å². The topological polar surface area (TPSA) is 115 Å². The Morgan fingerprint density at radius 3 is 2.66 bits per heavy atom. The molecule has 1 amide bonds. The lowest BCUT2D eigenvalue weighted by molar-refractivity contribution is -0.135. The van der Waals surface area contributed by atoms with Crippen LogP contribution in [0, 0.1) is 5.41 Å². The number of anilines is 4. The van der Waals surface area contributed by atoms with E-state index in [1.165, 1.54) is 0 Å². The van der Waals surface area contributed by atoms with Gasteiger partial charge in [0.15, 0.2) is 0 Å². The quantitative estimate of drug-likeness (QED) is 0.385. The number of hydrogen-bond acceptors (Lipinski definition) is 9. The van der Waals surface area contributed by atoms with Gasteiger partial charge in [-0.05, 0) is 51.4 Å². The summed E-state index contributed by atoms with van der Waals surface area (Å²) in [5.41, 5.74) is 0.563. The molecule has 186 valence electrons. The fourth-order valence-electron chi connectivity index (χ4n) is 5.41. The normalized spacial score (nSPS) is 22.8. The smallest absolute Gasteiger partial charge is 0.242 e. The Hall–Kier alpha value is -3.11. The number of amides is 1. The van der Waals surface area contributed by atoms with Crippen molar-refractivity contribution in [3.8, 4) is 0 Å². The molecule has 2 fully saturated rings. The molecule has 5 rings (SSSR count). The maximum absolute atomic E-state index is 13.8. The molecule has 0 bridgehead atoms. The Morgan fingerprint density at radius 2 is 1.97 bits per heavy atom. The Balaban J connectivity index is 1.41. The average molecular weight is 479 g/mol. The van der Waals surface area contributed by atoms with E-state index in [1.54, 1.807) is 17.3 Å². The standard InChI is InChI=1S/C25H34N8O2/c1-26-9-8-25(17-34)14-18-15-29-24(31-22(18)33(23(25)35)20-4-2-3-5-20)30-19-6-7-21(28-16-19)32-12-10-27-11-13-32/h6-7,15-17,20,26-27H,2-5,8-14H2,1H3,(H,29,30,31)/t25-/m1/s1. The Morgan fingerprint density at radius 1 is 1.17 bits per heavy atom. The first-order chi connectivity index (χ1) is 17.1. The van der Waals surface area contributed by atoms with Crippen LogP contribution in [0.3, 0.4) is 0 Å². The molecule has 0 spiro atoms. The number of carbonyl (C=O) groups excluding carboxylic acids is 2. The van der Waals surface area contributed by atoms with E-state index in [2.05, 4.69) is 30.8 Å². The third-order valence-electron chi connectivity index (χ3n) is 7.40. The van der Waals surface area contributed by atoms with Gasteiger partial charge in [-0.3, -0.25) is 9.69 Å². The molecule has 1 aliphatic carbocycles. The molecule has 10 nitrogen and oxygen atoms in total. The van der Waals surface area contributed by atoms with E-state index in [1.807, 2.05) is 19.2 Å². The van der Waals surface area contributed by atoms with Crippen LogP contribution < -0.4 is 25.8 Å². The molecule has 1 saturated carbocycles. The van der Waals surface area contributed by atoms with E-state index in [9.17, 15) is 9.59 Å². The van der Waals surface area contributed by atoms with Crippen molar-refractivity contribution in [2.45, 2.75) is 44.6 Å². The van der Waals surface area contributed by atoms with Gasteiger partial charge in [0.1, 0.15) is 23.3 Å². The van der Waals surface area contributed by atoms with Gasteiger partial charge in [0.05, 0.1) is 11.9 Å². The lowest BCUT2D eigenvalue weighted by Gasteiger charge is -2.41. The van der Waals surface area contributed by atoms with Gasteiger partial charge >= 0.3 is 0 Å². The molecule has 35 heavy (non-hydrogen) atoms. The molecule has 0 radical (unpaired) electrons. The number of carbonyl (C=O) groups is 2. The first kappa shape index (κ1) is 23.6. The summed E-state index contributed by atoms with van der Waals surface area (Å²) in [6.45, 7) is 4.39. The van der Waals surface area contributed by atoms with Crippen molar-refractivity contribution in [1.82, 2.24) is 25.6 Å². The summed E-state index contributed by atoms with van der Waals surface area (Å²) >= 11 is 0. The summed E-state index contributed by atoms with van der Waals surface area (Å²) in [6.07, 6.45) is 9.19. The molecule has 0 aromatic carbocycles. The third kappa shape index (κ3) is 4.72. The molecule has 2 aromatic heterocycles. The molecule has 4 heterocycles. The highest BCUT2D eigenvalue weighted by molar-refractivity contribution is 6.08. The number of rotatable bonds is 8. The SMILES string of the molecule is CNCC[C@]1(C=O)Cc2cnc(Nc3ccc(N4CCNCC4)nc3)nc2N(C2CCCC2)C1=O. The van der Waals surface area contributed by atoms with Gasteiger partial charge in [0, 0.05) is 44.0 Å². The molecule has 1 atom stereocenters. The zero-order valence-corrected chi connectivity index (χ0v) is 20.3. The van der Waals surface area contributed by atoms with Crippen LogP contribution in [0.25, 0.3) is 0 Å². The van der Waals surface area contributed by atoms with E-state index in [-0.39, 0.29) is 11.9 Å². The molecule has 1 saturated heterocycles. The zero-order chi connectivity index (χ0) is 24.3. The number of fused-ring (bicyclic) bond motifs is 1. The van der Waals surface area contributed by atoms with Crippen LogP contribution in [0.4, 0.5) is 23.3 Å². The zero-order valence-electron chi connectivity index (χ0n) is 20.3. The molecule has 3 N–H and O–H groups in total. The molecule has 2 aliphatic heterocycles. The van der Waals surface area contributed by atoms with Gasteiger partial charge in [0.25, 0.3) is 0 Å². The lowest BCUT2D eigenvalue weighted by atomic mass is 9.76. The summed E-state index contributed by atoms with van der Waals surface area (Å²) in [5, 5.41) is 9.68. The molecular formula is C25H34N8O2. The van der Waals surface area contributed by atoms with Gasteiger partial charge in [0.2, 0.25) is 11.9 Å². The van der Waals surface area contributed by atoms with Crippen molar-refractivity contribution in [2.24, 2.45) is 5.41 Å². The predicted octanol–water partition coefficient (Wildman–Crippen LogP) is 1.65. The number of nitrogens with one attached hydrogen (secondary N) is 3. The fourth-order valence-corrected chi connectivity index (χ4v) is 5.41. The predicted molar refractivity (Wildman–Crippen MR) is 135 cm³/mol. The van der Waals surface area contributed by atoms with Crippen molar-refractivity contribution in [3.63, 3.8) is 0 Å². The van der Waals surface area contributed by atoms with Crippen LogP contribution in [-0.4, -0.2) is 73.0 Å². The number of nitrogens with zero attached hydrogens (tertiary/aromatic N) is 5. The number of aldehydes is 1. The summed E-state index contributed by atoms with van der Waals surface area (Å²) < 4.78 is 0. The van der Waals surface area contributed by atoms with Crippen molar-refractivity contribution >= 4 is 35.5 Å². The maximum Gasteiger partial charge on any atom is 0.242 e. The Bertz CT molecular complexity index is 1050. The minimum absolute atomic E-state index is 0.0678. The van der Waals surface area contributed by atoms with Crippen LogP contribution in [0.1, 0.15) is 37.7 Å². The molecular weight excluding hydrogens is 444 g/mol. The van der Waals surface area contributed by atoms with Crippen LogP contribution in [-0.2, 0) is 16.0 Å². The highest BCUT2D eigenvalue weighted by Gasteiger charge is 2.49. The summed E-state index contributed by atoms with van der Waals surface area (Å²) in [4.78, 5) is 44.0.